The van der Waals surface area contributed by atoms with Crippen molar-refractivity contribution in [3.63, 3.8) is 0 Å². The van der Waals surface area contributed by atoms with E-state index >= 15 is 0 Å². The van der Waals surface area contributed by atoms with Crippen molar-refractivity contribution < 1.29 is 4.74 Å². The van der Waals surface area contributed by atoms with Gasteiger partial charge in [-0.25, -0.2) is 0 Å². The van der Waals surface area contributed by atoms with Crippen LogP contribution in [0.25, 0.3) is 0 Å². The van der Waals surface area contributed by atoms with Crippen molar-refractivity contribution >= 4 is 29.2 Å². The van der Waals surface area contributed by atoms with Crippen LogP contribution in [-0.4, -0.2) is 37.7 Å². The minimum absolute atomic E-state index is 0.521. The van der Waals surface area contributed by atoms with Crippen LogP contribution in [0.2, 0.25) is 10.0 Å². The number of hydrogen-bond acceptors (Lipinski definition) is 3. The van der Waals surface area contributed by atoms with Gasteiger partial charge in [0.15, 0.2) is 5.96 Å². The zero-order chi connectivity index (χ0) is 17.9. The number of guanidine groups is 1. The highest BCUT2D eigenvalue weighted by Crippen LogP contribution is 2.27. The second-order valence-electron chi connectivity index (χ2n) is 5.27. The quantitative estimate of drug-likeness (QED) is 0.417. The van der Waals surface area contributed by atoms with Crippen molar-refractivity contribution in [2.75, 3.05) is 26.7 Å². The van der Waals surface area contributed by atoms with Crippen LogP contribution >= 0.6 is 23.2 Å². The zero-order valence-electron chi connectivity index (χ0n) is 14.1. The molecule has 0 fully saturated rings. The topological polar surface area (TPSA) is 58.5 Å². The van der Waals surface area contributed by atoms with Gasteiger partial charge in [0.1, 0.15) is 5.75 Å². The lowest BCUT2D eigenvalue weighted by molar-refractivity contribution is 0.311. The molecule has 0 amide bonds. The maximum atomic E-state index is 6.06. The Labute approximate surface area is 158 Å². The monoisotopic (exact) mass is 380 g/mol. The molecule has 0 aliphatic heterocycles. The van der Waals surface area contributed by atoms with Gasteiger partial charge in [-0.3, -0.25) is 9.98 Å². The lowest BCUT2D eigenvalue weighted by Crippen LogP contribution is -2.39. The van der Waals surface area contributed by atoms with Gasteiger partial charge in [0.25, 0.3) is 0 Å². The second kappa shape index (κ2) is 10.8. The highest BCUT2D eigenvalue weighted by Gasteiger charge is 2.02. The first-order chi connectivity index (χ1) is 12.2. The van der Waals surface area contributed by atoms with Crippen LogP contribution in [0.15, 0.2) is 47.6 Å². The molecule has 1 heterocycles. The molecule has 0 saturated heterocycles. The Bertz CT molecular complexity index is 680. The molecule has 0 radical (unpaired) electrons. The predicted octanol–water partition coefficient (Wildman–Crippen LogP) is 3.57. The summed E-state index contributed by atoms with van der Waals surface area (Å²) in [6.45, 7) is 2.07. The normalized spacial score (nSPS) is 11.2. The van der Waals surface area contributed by atoms with E-state index in [9.17, 15) is 0 Å². The minimum Gasteiger partial charge on any atom is -0.492 e. The van der Waals surface area contributed by atoms with Crippen LogP contribution in [0.1, 0.15) is 12.1 Å². The van der Waals surface area contributed by atoms with E-state index in [0.29, 0.717) is 22.4 Å². The largest absolute Gasteiger partial charge is 0.492 e. The van der Waals surface area contributed by atoms with Gasteiger partial charge >= 0.3 is 0 Å². The van der Waals surface area contributed by atoms with E-state index < -0.39 is 0 Å². The van der Waals surface area contributed by atoms with E-state index in [1.165, 1.54) is 0 Å². The summed E-state index contributed by atoms with van der Waals surface area (Å²) in [7, 11) is 1.75. The molecule has 0 unspecified atom stereocenters. The summed E-state index contributed by atoms with van der Waals surface area (Å²) >= 11 is 11.9. The van der Waals surface area contributed by atoms with E-state index in [0.717, 1.165) is 37.6 Å². The number of hydrogen-bond donors (Lipinski definition) is 2. The second-order valence-corrected chi connectivity index (χ2v) is 6.12. The number of rotatable bonds is 8. The summed E-state index contributed by atoms with van der Waals surface area (Å²) in [5.41, 5.74) is 1.05. The predicted molar refractivity (Wildman–Crippen MR) is 104 cm³/mol. The van der Waals surface area contributed by atoms with E-state index in [1.807, 2.05) is 18.2 Å². The van der Waals surface area contributed by atoms with Crippen LogP contribution < -0.4 is 15.4 Å². The molecule has 0 bridgehead atoms. The van der Waals surface area contributed by atoms with Crippen LogP contribution in [0.4, 0.5) is 0 Å². The highest BCUT2D eigenvalue weighted by atomic mass is 35.5. The van der Waals surface area contributed by atoms with Gasteiger partial charge in [-0.2, -0.15) is 0 Å². The fourth-order valence-corrected chi connectivity index (χ4v) is 2.59. The minimum atomic E-state index is 0.521. The van der Waals surface area contributed by atoms with Crippen molar-refractivity contribution in [1.82, 2.24) is 15.6 Å². The van der Waals surface area contributed by atoms with Gasteiger partial charge in [-0.1, -0.05) is 29.3 Å². The standard InChI is InChI=1S/C18H22Cl2N4O/c1-21-18(24-11-8-15-5-2-3-9-22-15)23-10-4-12-25-17-7-6-14(19)13-16(17)20/h2-3,5-7,9,13H,4,8,10-12H2,1H3,(H2,21,23,24). The Morgan fingerprint density at radius 1 is 1.16 bits per heavy atom. The van der Waals surface area contributed by atoms with Crippen LogP contribution in [0, 0.1) is 0 Å². The molecule has 1 aromatic heterocycles. The SMILES string of the molecule is CN=C(NCCCOc1ccc(Cl)cc1Cl)NCCc1ccccn1. The Morgan fingerprint density at radius 3 is 2.72 bits per heavy atom. The van der Waals surface area contributed by atoms with Crippen molar-refractivity contribution in [2.45, 2.75) is 12.8 Å². The van der Waals surface area contributed by atoms with E-state index in [-0.39, 0.29) is 0 Å². The molecule has 2 rings (SSSR count). The molecule has 0 spiro atoms. The summed E-state index contributed by atoms with van der Waals surface area (Å²) in [4.78, 5) is 8.49. The van der Waals surface area contributed by atoms with Gasteiger partial charge in [0, 0.05) is 43.5 Å². The average Bonchev–Trinajstić information content (AvgIpc) is 2.62. The Balaban J connectivity index is 1.61. The lowest BCUT2D eigenvalue weighted by atomic mass is 10.3. The summed E-state index contributed by atoms with van der Waals surface area (Å²) in [5.74, 6) is 1.41. The van der Waals surface area contributed by atoms with Gasteiger partial charge in [-0.15, -0.1) is 0 Å². The smallest absolute Gasteiger partial charge is 0.190 e. The molecule has 1 aromatic carbocycles. The molecule has 0 aliphatic carbocycles. The molecular weight excluding hydrogens is 359 g/mol. The third-order valence-corrected chi connectivity index (χ3v) is 3.92. The van der Waals surface area contributed by atoms with Gasteiger partial charge in [-0.05, 0) is 36.8 Å². The summed E-state index contributed by atoms with van der Waals surface area (Å²) < 4.78 is 5.65. The molecule has 2 aromatic rings. The number of benzene rings is 1. The molecule has 2 N–H and O–H groups in total. The molecule has 0 aliphatic rings. The molecule has 134 valence electrons. The Morgan fingerprint density at radius 2 is 2.00 bits per heavy atom. The Hall–Kier alpha value is -1.98. The maximum Gasteiger partial charge on any atom is 0.190 e. The van der Waals surface area contributed by atoms with Crippen LogP contribution in [-0.2, 0) is 6.42 Å². The summed E-state index contributed by atoms with van der Waals surface area (Å²) in [5, 5.41) is 7.63. The molecular formula is C18H22Cl2N4O. The first kappa shape index (κ1) is 19.3. The first-order valence-corrected chi connectivity index (χ1v) is 8.87. The van der Waals surface area contributed by atoms with Crippen molar-refractivity contribution in [3.8, 4) is 5.75 Å². The molecule has 0 atom stereocenters. The fourth-order valence-electron chi connectivity index (χ4n) is 2.13. The number of nitrogens with zero attached hydrogens (tertiary/aromatic N) is 2. The fraction of sp³-hybridized carbons (Fsp3) is 0.333. The number of aromatic nitrogens is 1. The Kier molecular flexibility index (Phi) is 8.35. The van der Waals surface area contributed by atoms with E-state index in [2.05, 4.69) is 20.6 Å². The van der Waals surface area contributed by atoms with Gasteiger partial charge in [0.05, 0.1) is 11.6 Å². The van der Waals surface area contributed by atoms with Crippen LogP contribution in [0.5, 0.6) is 5.75 Å². The van der Waals surface area contributed by atoms with Gasteiger partial charge in [0.2, 0.25) is 0 Å². The molecule has 0 saturated carbocycles. The number of pyridine rings is 1. The van der Waals surface area contributed by atoms with Crippen LogP contribution in [0.3, 0.4) is 0 Å². The molecule has 7 heteroatoms. The number of halogens is 2. The molecule has 25 heavy (non-hydrogen) atoms. The maximum absolute atomic E-state index is 6.06. The van der Waals surface area contributed by atoms with Crippen molar-refractivity contribution in [1.29, 1.82) is 0 Å². The average molecular weight is 381 g/mol. The van der Waals surface area contributed by atoms with E-state index in [4.69, 9.17) is 27.9 Å². The highest BCUT2D eigenvalue weighted by molar-refractivity contribution is 6.35. The third kappa shape index (κ3) is 7.20. The van der Waals surface area contributed by atoms with Crippen molar-refractivity contribution in [2.24, 2.45) is 4.99 Å². The summed E-state index contributed by atoms with van der Waals surface area (Å²) in [6, 6.07) is 11.1. The number of nitrogens with one attached hydrogen (secondary N) is 2. The van der Waals surface area contributed by atoms with E-state index in [1.54, 1.807) is 31.4 Å². The van der Waals surface area contributed by atoms with Gasteiger partial charge < -0.3 is 15.4 Å². The first-order valence-electron chi connectivity index (χ1n) is 8.11. The number of aliphatic imine (C=N–C) groups is 1. The summed E-state index contributed by atoms with van der Waals surface area (Å²) in [6.07, 6.45) is 3.47. The molecule has 5 nitrogen and oxygen atoms in total. The lowest BCUT2D eigenvalue weighted by Gasteiger charge is -2.12. The third-order valence-electron chi connectivity index (χ3n) is 3.39. The zero-order valence-corrected chi connectivity index (χ0v) is 15.6. The number of ether oxygens (including phenoxy) is 1. The van der Waals surface area contributed by atoms with Crippen molar-refractivity contribution in [3.05, 3.63) is 58.3 Å².